The average molecular weight is 554 g/mol. The van der Waals surface area contributed by atoms with Crippen LogP contribution in [-0.2, 0) is 16.1 Å². The molecular formula is C27H24FN3O7S. The number of aryl methyl sites for hydroxylation is 1. The highest BCUT2D eigenvalue weighted by atomic mass is 32.1. The van der Waals surface area contributed by atoms with E-state index in [-0.39, 0.29) is 39.9 Å². The van der Waals surface area contributed by atoms with Crippen molar-refractivity contribution in [1.82, 2.24) is 4.98 Å². The molecule has 4 aromatic rings. The van der Waals surface area contributed by atoms with Gasteiger partial charge in [-0.2, -0.15) is 0 Å². The van der Waals surface area contributed by atoms with Crippen LogP contribution in [0.3, 0.4) is 0 Å². The summed E-state index contributed by atoms with van der Waals surface area (Å²) in [5.74, 6) is -2.11. The summed E-state index contributed by atoms with van der Waals surface area (Å²) in [6, 6.07) is 11.1. The molecule has 0 unspecified atom stereocenters. The molecule has 0 spiro atoms. The number of fused-ring (bicyclic) bond motifs is 1. The summed E-state index contributed by atoms with van der Waals surface area (Å²) < 4.78 is 35.4. The predicted octanol–water partition coefficient (Wildman–Crippen LogP) is 5.55. The third-order valence-electron chi connectivity index (χ3n) is 5.63. The van der Waals surface area contributed by atoms with E-state index in [1.165, 1.54) is 18.6 Å². The van der Waals surface area contributed by atoms with Gasteiger partial charge in [-0.15, -0.1) is 11.3 Å². The lowest BCUT2D eigenvalue weighted by Crippen LogP contribution is -2.22. The van der Waals surface area contributed by atoms with Crippen molar-refractivity contribution in [3.05, 3.63) is 75.4 Å². The van der Waals surface area contributed by atoms with Crippen LogP contribution < -0.4 is 20.1 Å². The minimum Gasteiger partial charge on any atom is -0.493 e. The van der Waals surface area contributed by atoms with E-state index in [9.17, 15) is 18.8 Å². The maximum absolute atomic E-state index is 14.8. The molecule has 0 aliphatic heterocycles. The molecule has 39 heavy (non-hydrogen) atoms. The first-order chi connectivity index (χ1) is 18.7. The van der Waals surface area contributed by atoms with Crippen LogP contribution in [0.25, 0.3) is 10.9 Å². The van der Waals surface area contributed by atoms with Crippen molar-refractivity contribution < 1.29 is 37.7 Å². The van der Waals surface area contributed by atoms with Gasteiger partial charge < -0.3 is 29.6 Å². The molecule has 0 atom stereocenters. The van der Waals surface area contributed by atoms with Crippen LogP contribution in [0.15, 0.2) is 47.8 Å². The van der Waals surface area contributed by atoms with Crippen molar-refractivity contribution in [2.45, 2.75) is 13.5 Å². The van der Waals surface area contributed by atoms with Crippen LogP contribution >= 0.6 is 11.3 Å². The Morgan fingerprint density at radius 3 is 2.41 bits per heavy atom. The van der Waals surface area contributed by atoms with Crippen LogP contribution in [0, 0.1) is 12.7 Å². The van der Waals surface area contributed by atoms with Gasteiger partial charge in [-0.25, -0.2) is 18.8 Å². The summed E-state index contributed by atoms with van der Waals surface area (Å²) in [6.07, 6.45) is 0. The number of halogens is 1. The van der Waals surface area contributed by atoms with E-state index in [0.29, 0.717) is 0 Å². The minimum absolute atomic E-state index is 0.00566. The van der Waals surface area contributed by atoms with Crippen LogP contribution in [0.2, 0.25) is 0 Å². The number of amides is 2. The molecular weight excluding hydrogens is 529 g/mol. The highest BCUT2D eigenvalue weighted by Gasteiger charge is 2.26. The van der Waals surface area contributed by atoms with Crippen LogP contribution in [0.1, 0.15) is 31.3 Å². The fourth-order valence-electron chi connectivity index (χ4n) is 3.75. The molecule has 0 saturated carbocycles. The number of anilines is 2. The van der Waals surface area contributed by atoms with Crippen LogP contribution in [-0.4, -0.2) is 44.3 Å². The van der Waals surface area contributed by atoms with Gasteiger partial charge in [-0.05, 0) is 13.0 Å². The number of urea groups is 1. The highest BCUT2D eigenvalue weighted by Crippen LogP contribution is 2.34. The van der Waals surface area contributed by atoms with Gasteiger partial charge >= 0.3 is 18.0 Å². The Balaban J connectivity index is 1.56. The molecule has 2 aromatic carbocycles. The van der Waals surface area contributed by atoms with E-state index < -0.39 is 23.8 Å². The van der Waals surface area contributed by atoms with Gasteiger partial charge in [0.2, 0.25) is 0 Å². The van der Waals surface area contributed by atoms with E-state index in [1.807, 2.05) is 37.3 Å². The van der Waals surface area contributed by atoms with Crippen LogP contribution in [0.4, 0.5) is 20.6 Å². The average Bonchev–Trinajstić information content (AvgIpc) is 3.35. The van der Waals surface area contributed by atoms with Gasteiger partial charge in [0.25, 0.3) is 0 Å². The number of hydrogen-bond acceptors (Lipinski definition) is 9. The number of nitrogens with one attached hydrogen (secondary N) is 2. The monoisotopic (exact) mass is 553 g/mol. The Bertz CT molecular complexity index is 1570. The molecule has 0 radical (unpaired) electrons. The van der Waals surface area contributed by atoms with Crippen molar-refractivity contribution in [3.63, 3.8) is 0 Å². The topological polar surface area (TPSA) is 125 Å². The van der Waals surface area contributed by atoms with E-state index in [2.05, 4.69) is 20.4 Å². The number of aromatic nitrogens is 1. The van der Waals surface area contributed by atoms with Crippen molar-refractivity contribution in [1.29, 1.82) is 0 Å². The summed E-state index contributed by atoms with van der Waals surface area (Å²) in [5.41, 5.74) is 2.05. The molecule has 2 aromatic heterocycles. The second-order valence-electron chi connectivity index (χ2n) is 8.13. The van der Waals surface area contributed by atoms with E-state index in [0.717, 1.165) is 53.8 Å². The van der Waals surface area contributed by atoms with Gasteiger partial charge in [0, 0.05) is 34.2 Å². The summed E-state index contributed by atoms with van der Waals surface area (Å²) in [5, 5.41) is 7.14. The number of pyridine rings is 1. The summed E-state index contributed by atoms with van der Waals surface area (Å²) >= 11 is 0.884. The van der Waals surface area contributed by atoms with Crippen molar-refractivity contribution in [3.8, 4) is 11.5 Å². The molecule has 0 fully saturated rings. The van der Waals surface area contributed by atoms with Crippen molar-refractivity contribution in [2.24, 2.45) is 0 Å². The Morgan fingerprint density at radius 2 is 1.69 bits per heavy atom. The summed E-state index contributed by atoms with van der Waals surface area (Å²) in [6.45, 7) is 2.00. The molecule has 0 bridgehead atoms. The number of benzene rings is 2. The Hall–Kier alpha value is -4.71. The molecule has 0 aliphatic rings. The zero-order chi connectivity index (χ0) is 28.1. The molecule has 10 nitrogen and oxygen atoms in total. The number of nitrogens with zero attached hydrogens (tertiary/aromatic N) is 1. The maximum Gasteiger partial charge on any atom is 0.349 e. The molecule has 2 N–H and O–H groups in total. The summed E-state index contributed by atoms with van der Waals surface area (Å²) in [4.78, 5) is 41.5. The first kappa shape index (κ1) is 27.3. The van der Waals surface area contributed by atoms with E-state index >= 15 is 0 Å². The van der Waals surface area contributed by atoms with Gasteiger partial charge in [0.05, 0.1) is 38.2 Å². The largest absolute Gasteiger partial charge is 0.493 e. The number of para-hydroxylation sites is 1. The fourth-order valence-corrected chi connectivity index (χ4v) is 4.66. The second-order valence-corrected chi connectivity index (χ2v) is 9.01. The number of rotatable bonds is 8. The van der Waals surface area contributed by atoms with Gasteiger partial charge in [-0.3, -0.25) is 4.98 Å². The molecule has 202 valence electrons. The quantitative estimate of drug-likeness (QED) is 0.272. The normalized spacial score (nSPS) is 10.6. The molecule has 4 rings (SSSR count). The van der Waals surface area contributed by atoms with Gasteiger partial charge in [0.15, 0.2) is 17.3 Å². The number of esters is 2. The Kier molecular flexibility index (Phi) is 8.25. The second kappa shape index (κ2) is 11.8. The molecule has 12 heteroatoms. The zero-order valence-corrected chi connectivity index (χ0v) is 22.2. The Labute approximate surface area is 226 Å². The number of carbonyl (C=O) groups is 3. The lowest BCUT2D eigenvalue weighted by molar-refractivity contribution is 0.0561. The van der Waals surface area contributed by atoms with Crippen molar-refractivity contribution >= 4 is 51.6 Å². The molecule has 2 amide bonds. The van der Waals surface area contributed by atoms with Gasteiger partial charge in [-0.1, -0.05) is 24.3 Å². The number of thiophene rings is 1. The highest BCUT2D eigenvalue weighted by molar-refractivity contribution is 7.13. The van der Waals surface area contributed by atoms with Crippen LogP contribution in [0.5, 0.6) is 11.5 Å². The number of ether oxygens (including phenoxy) is 4. The van der Waals surface area contributed by atoms with Gasteiger partial charge in [0.1, 0.15) is 17.0 Å². The standard InChI is InChI=1S/C27H24FN3O7S/c1-14-8-9-15-6-5-7-16(23(15)29-14)12-38-21-11-18(17(28)10-20(21)35-2)30-27(34)31-19-13-39-24(26(33)37-4)22(19)25(32)36-3/h5-11,13H,12H2,1-4H3,(H2,30,31,34). The first-order valence-electron chi connectivity index (χ1n) is 11.5. The minimum atomic E-state index is -0.877. The molecule has 0 aliphatic carbocycles. The third-order valence-corrected chi connectivity index (χ3v) is 6.59. The van der Waals surface area contributed by atoms with E-state index in [1.54, 1.807) is 0 Å². The number of carbonyl (C=O) groups excluding carboxylic acids is 3. The van der Waals surface area contributed by atoms with E-state index in [4.69, 9.17) is 14.2 Å². The lowest BCUT2D eigenvalue weighted by atomic mass is 10.1. The smallest absolute Gasteiger partial charge is 0.349 e. The van der Waals surface area contributed by atoms with Crippen molar-refractivity contribution in [2.75, 3.05) is 32.0 Å². The fraction of sp³-hybridized carbons (Fsp3) is 0.185. The number of hydrogen-bond donors (Lipinski definition) is 2. The third kappa shape index (κ3) is 5.91. The SMILES string of the molecule is COC(=O)c1scc(NC(=O)Nc2cc(OCc3cccc4ccc(C)nc34)c(OC)cc2F)c1C(=O)OC. The summed E-state index contributed by atoms with van der Waals surface area (Å²) in [7, 11) is 3.66. The maximum atomic E-state index is 14.8. The number of methoxy groups -OCH3 is 3. The Morgan fingerprint density at radius 1 is 0.949 bits per heavy atom. The predicted molar refractivity (Wildman–Crippen MR) is 143 cm³/mol. The zero-order valence-electron chi connectivity index (χ0n) is 21.4. The lowest BCUT2D eigenvalue weighted by Gasteiger charge is -2.15. The molecule has 0 saturated heterocycles. The molecule has 2 heterocycles. The first-order valence-corrected chi connectivity index (χ1v) is 12.3.